The van der Waals surface area contributed by atoms with Crippen LogP contribution < -0.4 is 0 Å². The molecule has 0 saturated carbocycles. The molecule has 76 valence electrons. The highest BCUT2D eigenvalue weighted by Gasteiger charge is 2.29. The molecule has 0 bridgehead atoms. The summed E-state index contributed by atoms with van der Waals surface area (Å²) in [7, 11) is 0. The molecule has 1 heteroatoms. The summed E-state index contributed by atoms with van der Waals surface area (Å²) in [5.41, 5.74) is 2.98. The van der Waals surface area contributed by atoms with Crippen molar-refractivity contribution in [2.45, 2.75) is 25.6 Å². The Labute approximate surface area is 90.7 Å². The molecule has 0 aromatic heterocycles. The molecule has 0 radical (unpaired) electrons. The highest BCUT2D eigenvalue weighted by atomic mass is 15.2. The number of benzene rings is 1. The summed E-state index contributed by atoms with van der Waals surface area (Å²) in [5, 5.41) is 0. The van der Waals surface area contributed by atoms with Crippen molar-refractivity contribution in [1.29, 1.82) is 0 Å². The summed E-state index contributed by atoms with van der Waals surface area (Å²) >= 11 is 0. The Hall–Kier alpha value is -1.34. The molecule has 0 saturated heterocycles. The Morgan fingerprint density at radius 1 is 1.13 bits per heavy atom. The molecule has 1 aromatic carbocycles. The van der Waals surface area contributed by atoms with Crippen LogP contribution >= 0.6 is 0 Å². The lowest BCUT2D eigenvalue weighted by molar-refractivity contribution is 0.216. The molecule has 0 N–H and O–H groups in total. The normalized spacial score (nSPS) is 25.0. The summed E-state index contributed by atoms with van der Waals surface area (Å²) in [6.45, 7) is 3.38. The van der Waals surface area contributed by atoms with Gasteiger partial charge in [0.2, 0.25) is 0 Å². The van der Waals surface area contributed by atoms with E-state index in [1.807, 2.05) is 0 Å². The minimum Gasteiger partial charge on any atom is -0.282 e. The van der Waals surface area contributed by atoms with Crippen LogP contribution in [0.1, 0.15) is 24.1 Å². The Kier molecular flexibility index (Phi) is 2.00. The van der Waals surface area contributed by atoms with Crippen molar-refractivity contribution in [1.82, 2.24) is 4.90 Å². The van der Waals surface area contributed by atoms with E-state index in [-0.39, 0.29) is 0 Å². The largest absolute Gasteiger partial charge is 0.282 e. The van der Waals surface area contributed by atoms with Crippen LogP contribution in [-0.2, 0) is 6.54 Å². The molecule has 1 nitrogen and oxygen atoms in total. The highest BCUT2D eigenvalue weighted by molar-refractivity contribution is 5.35. The molecule has 1 unspecified atom stereocenters. The molecular formula is C14H15N. The third-order valence-corrected chi connectivity index (χ3v) is 3.47. The van der Waals surface area contributed by atoms with Crippen molar-refractivity contribution in [3.05, 3.63) is 59.7 Å². The molecule has 0 spiro atoms. The van der Waals surface area contributed by atoms with Crippen LogP contribution in [0.2, 0.25) is 0 Å². The fraction of sp³-hybridized carbons (Fsp3) is 0.286. The number of nitrogens with zero attached hydrogens (tertiary/aromatic N) is 1. The lowest BCUT2D eigenvalue weighted by atomic mass is 10.1. The smallest absolute Gasteiger partial charge is 0.0477 e. The second-order valence-electron chi connectivity index (χ2n) is 4.31. The molecule has 15 heavy (non-hydrogen) atoms. The van der Waals surface area contributed by atoms with Crippen molar-refractivity contribution < 1.29 is 0 Å². The summed E-state index contributed by atoms with van der Waals surface area (Å²) in [4.78, 5) is 2.53. The first kappa shape index (κ1) is 8.93. The van der Waals surface area contributed by atoms with E-state index in [1.165, 1.54) is 11.1 Å². The lowest BCUT2D eigenvalue weighted by Gasteiger charge is -2.25. The monoisotopic (exact) mass is 197 g/mol. The van der Waals surface area contributed by atoms with Gasteiger partial charge < -0.3 is 0 Å². The summed E-state index contributed by atoms with van der Waals surface area (Å²) < 4.78 is 0. The van der Waals surface area contributed by atoms with Gasteiger partial charge in [-0.1, -0.05) is 48.6 Å². The van der Waals surface area contributed by atoms with Gasteiger partial charge in [-0.3, -0.25) is 4.90 Å². The van der Waals surface area contributed by atoms with Crippen molar-refractivity contribution in [3.63, 3.8) is 0 Å². The number of hydrogen-bond acceptors (Lipinski definition) is 1. The zero-order valence-corrected chi connectivity index (χ0v) is 8.93. The van der Waals surface area contributed by atoms with Crippen molar-refractivity contribution >= 4 is 0 Å². The van der Waals surface area contributed by atoms with Gasteiger partial charge in [-0.2, -0.15) is 0 Å². The molecule has 1 aromatic rings. The maximum absolute atomic E-state index is 2.53. The summed E-state index contributed by atoms with van der Waals surface area (Å²) in [6.07, 6.45) is 8.81. The second kappa shape index (κ2) is 3.35. The average Bonchev–Trinajstić information content (AvgIpc) is 2.87. The number of fused-ring (bicyclic) bond motifs is 1. The van der Waals surface area contributed by atoms with Crippen molar-refractivity contribution in [2.75, 3.05) is 0 Å². The first-order valence-electron chi connectivity index (χ1n) is 5.55. The molecule has 1 aliphatic heterocycles. The van der Waals surface area contributed by atoms with Crippen LogP contribution in [0.5, 0.6) is 0 Å². The van der Waals surface area contributed by atoms with Crippen molar-refractivity contribution in [2.24, 2.45) is 0 Å². The number of rotatable bonds is 1. The third kappa shape index (κ3) is 1.35. The molecule has 1 aliphatic carbocycles. The van der Waals surface area contributed by atoms with Crippen LogP contribution in [-0.4, -0.2) is 10.9 Å². The maximum atomic E-state index is 2.53. The number of hydrogen-bond donors (Lipinski definition) is 0. The lowest BCUT2D eigenvalue weighted by Crippen LogP contribution is -2.28. The Bertz CT molecular complexity index is 419. The standard InChI is InChI=1S/C14H15N/c1-11-14-9-5-2-6-12(14)10-15(11)13-7-3-4-8-13/h2-9,11,13H,10H2,1H3. The van der Waals surface area contributed by atoms with E-state index < -0.39 is 0 Å². The van der Waals surface area contributed by atoms with Gasteiger partial charge >= 0.3 is 0 Å². The number of allylic oxidation sites excluding steroid dienone is 2. The molecule has 1 atom stereocenters. The quantitative estimate of drug-likeness (QED) is 0.668. The maximum Gasteiger partial charge on any atom is 0.0477 e. The van der Waals surface area contributed by atoms with E-state index in [0.29, 0.717) is 12.1 Å². The minimum absolute atomic E-state index is 0.493. The topological polar surface area (TPSA) is 3.24 Å². The van der Waals surface area contributed by atoms with Gasteiger partial charge in [-0.05, 0) is 18.1 Å². The van der Waals surface area contributed by atoms with E-state index >= 15 is 0 Å². The molecular weight excluding hydrogens is 182 g/mol. The van der Waals surface area contributed by atoms with Gasteiger partial charge in [0.15, 0.2) is 0 Å². The predicted octanol–water partition coefficient (Wildman–Crippen LogP) is 3.06. The van der Waals surface area contributed by atoms with E-state index in [1.54, 1.807) is 0 Å². The zero-order chi connectivity index (χ0) is 10.3. The third-order valence-electron chi connectivity index (χ3n) is 3.47. The van der Waals surface area contributed by atoms with E-state index in [4.69, 9.17) is 0 Å². The van der Waals surface area contributed by atoms with Gasteiger partial charge in [0.1, 0.15) is 0 Å². The fourth-order valence-corrected chi connectivity index (χ4v) is 2.60. The predicted molar refractivity (Wildman–Crippen MR) is 62.5 cm³/mol. The summed E-state index contributed by atoms with van der Waals surface area (Å²) in [6, 6.07) is 9.80. The molecule has 2 aliphatic rings. The van der Waals surface area contributed by atoms with Crippen LogP contribution in [0.15, 0.2) is 48.6 Å². The molecule has 0 fully saturated rings. The van der Waals surface area contributed by atoms with E-state index in [0.717, 1.165) is 6.54 Å². The first-order chi connectivity index (χ1) is 7.36. The van der Waals surface area contributed by atoms with Crippen LogP contribution in [0.25, 0.3) is 0 Å². The van der Waals surface area contributed by atoms with Crippen LogP contribution in [0.4, 0.5) is 0 Å². The Balaban J connectivity index is 1.93. The minimum atomic E-state index is 0.493. The molecule has 0 amide bonds. The Morgan fingerprint density at radius 2 is 1.87 bits per heavy atom. The van der Waals surface area contributed by atoms with Gasteiger partial charge in [0.25, 0.3) is 0 Å². The molecule has 3 rings (SSSR count). The fourth-order valence-electron chi connectivity index (χ4n) is 2.60. The summed E-state index contributed by atoms with van der Waals surface area (Å²) in [5.74, 6) is 0. The van der Waals surface area contributed by atoms with E-state index in [2.05, 4.69) is 60.4 Å². The second-order valence-corrected chi connectivity index (χ2v) is 4.31. The van der Waals surface area contributed by atoms with Gasteiger partial charge in [-0.25, -0.2) is 0 Å². The van der Waals surface area contributed by atoms with Crippen LogP contribution in [0.3, 0.4) is 0 Å². The van der Waals surface area contributed by atoms with E-state index in [9.17, 15) is 0 Å². The van der Waals surface area contributed by atoms with Crippen molar-refractivity contribution in [3.8, 4) is 0 Å². The van der Waals surface area contributed by atoms with Gasteiger partial charge in [-0.15, -0.1) is 0 Å². The highest BCUT2D eigenvalue weighted by Crippen LogP contribution is 2.35. The average molecular weight is 197 g/mol. The van der Waals surface area contributed by atoms with Crippen LogP contribution in [0, 0.1) is 0 Å². The van der Waals surface area contributed by atoms with Gasteiger partial charge in [0.05, 0.1) is 0 Å². The zero-order valence-electron chi connectivity index (χ0n) is 8.93. The Morgan fingerprint density at radius 3 is 2.60 bits per heavy atom. The molecule has 1 heterocycles. The SMILES string of the molecule is CC1c2ccccc2CN1C1C=CC=C1. The van der Waals surface area contributed by atoms with Gasteiger partial charge in [0, 0.05) is 18.6 Å². The first-order valence-corrected chi connectivity index (χ1v) is 5.55.